The summed E-state index contributed by atoms with van der Waals surface area (Å²) in [5, 5.41) is 11.3. The van der Waals surface area contributed by atoms with Crippen molar-refractivity contribution in [1.82, 2.24) is 5.06 Å². The normalized spacial score (nSPS) is 17.0. The number of amides is 1. The van der Waals surface area contributed by atoms with E-state index < -0.39 is 12.0 Å². The van der Waals surface area contributed by atoms with Gasteiger partial charge in [-0.05, 0) is 19.3 Å². The van der Waals surface area contributed by atoms with E-state index in [-0.39, 0.29) is 11.8 Å². The lowest BCUT2D eigenvalue weighted by Gasteiger charge is -2.26. The van der Waals surface area contributed by atoms with Gasteiger partial charge in [-0.25, -0.2) is 5.06 Å². The van der Waals surface area contributed by atoms with Crippen LogP contribution in [0, 0.1) is 11.8 Å². The molecule has 0 aromatic carbocycles. The van der Waals surface area contributed by atoms with Crippen LogP contribution in [-0.2, 0) is 9.63 Å². The highest BCUT2D eigenvalue weighted by Crippen LogP contribution is 2.18. The Kier molecular flexibility index (Phi) is 8.33. The van der Waals surface area contributed by atoms with Crippen molar-refractivity contribution >= 4 is 5.91 Å². The van der Waals surface area contributed by atoms with Gasteiger partial charge in [0.2, 0.25) is 0 Å². The molecule has 1 N–H and O–H groups in total. The number of carbonyl (C=O) groups excluding carboxylic acids is 1. The molecular formula is C14H25NO3. The van der Waals surface area contributed by atoms with E-state index in [9.17, 15) is 9.90 Å². The summed E-state index contributed by atoms with van der Waals surface area (Å²) < 4.78 is 0. The molecule has 0 unspecified atom stereocenters. The second kappa shape index (κ2) is 8.89. The third-order valence-electron chi connectivity index (χ3n) is 3.02. The molecule has 0 bridgehead atoms. The Morgan fingerprint density at radius 3 is 2.50 bits per heavy atom. The third kappa shape index (κ3) is 5.47. The lowest BCUT2D eigenvalue weighted by molar-refractivity contribution is -0.177. The number of hydroxylamine groups is 2. The Morgan fingerprint density at radius 1 is 1.39 bits per heavy atom. The van der Waals surface area contributed by atoms with Crippen LogP contribution < -0.4 is 0 Å². The molecule has 4 heteroatoms. The number of aliphatic hydroxyl groups is 1. The van der Waals surface area contributed by atoms with Crippen molar-refractivity contribution in [2.45, 2.75) is 33.3 Å². The highest BCUT2D eigenvalue weighted by atomic mass is 16.7. The summed E-state index contributed by atoms with van der Waals surface area (Å²) >= 11 is 0. The molecule has 18 heavy (non-hydrogen) atoms. The van der Waals surface area contributed by atoms with Gasteiger partial charge in [-0.1, -0.05) is 38.2 Å². The van der Waals surface area contributed by atoms with Crippen LogP contribution in [0.15, 0.2) is 24.3 Å². The maximum Gasteiger partial charge on any atom is 0.251 e. The highest BCUT2D eigenvalue weighted by molar-refractivity contribution is 5.77. The minimum atomic E-state index is -0.676. The minimum Gasteiger partial charge on any atom is -0.392 e. The average Bonchev–Trinajstić information content (AvgIpc) is 2.39. The number of hydrogen-bond donors (Lipinski definition) is 1. The van der Waals surface area contributed by atoms with Gasteiger partial charge in [-0.3, -0.25) is 9.63 Å². The van der Waals surface area contributed by atoms with E-state index in [0.29, 0.717) is 0 Å². The van der Waals surface area contributed by atoms with E-state index in [1.807, 2.05) is 38.2 Å². The van der Waals surface area contributed by atoms with Gasteiger partial charge >= 0.3 is 0 Å². The Bertz CT molecular complexity index is 299. The monoisotopic (exact) mass is 255 g/mol. The molecule has 4 nitrogen and oxygen atoms in total. The zero-order valence-corrected chi connectivity index (χ0v) is 12.0. The predicted molar refractivity (Wildman–Crippen MR) is 72.7 cm³/mol. The van der Waals surface area contributed by atoms with Gasteiger partial charge in [0.15, 0.2) is 0 Å². The summed E-state index contributed by atoms with van der Waals surface area (Å²) in [4.78, 5) is 16.6. The van der Waals surface area contributed by atoms with Crippen LogP contribution in [0.5, 0.6) is 0 Å². The predicted octanol–water partition coefficient (Wildman–Crippen LogP) is 2.16. The third-order valence-corrected chi connectivity index (χ3v) is 3.02. The van der Waals surface area contributed by atoms with Gasteiger partial charge in [0, 0.05) is 7.05 Å². The molecule has 0 aliphatic carbocycles. The SMILES string of the molecule is C/C=C/C=C/C[C@@H](C)[C@H](O)[C@@H](C)C(=O)N(C)OC. The minimum absolute atomic E-state index is 0.0238. The molecule has 0 saturated carbocycles. The maximum atomic E-state index is 11.8. The zero-order valence-electron chi connectivity index (χ0n) is 12.0. The Balaban J connectivity index is 4.35. The Labute approximate surface area is 110 Å². The second-order valence-corrected chi connectivity index (χ2v) is 4.46. The molecule has 0 spiro atoms. The molecule has 0 aromatic rings. The first-order valence-corrected chi connectivity index (χ1v) is 6.23. The summed E-state index contributed by atoms with van der Waals surface area (Å²) in [6.07, 6.45) is 7.87. The topological polar surface area (TPSA) is 49.8 Å². The van der Waals surface area contributed by atoms with Crippen LogP contribution in [0.25, 0.3) is 0 Å². The van der Waals surface area contributed by atoms with Crippen molar-refractivity contribution in [1.29, 1.82) is 0 Å². The molecule has 0 fully saturated rings. The van der Waals surface area contributed by atoms with Gasteiger partial charge < -0.3 is 5.11 Å². The van der Waals surface area contributed by atoms with Gasteiger partial charge in [0.1, 0.15) is 0 Å². The fraction of sp³-hybridized carbons (Fsp3) is 0.643. The van der Waals surface area contributed by atoms with Gasteiger partial charge in [-0.2, -0.15) is 0 Å². The zero-order chi connectivity index (χ0) is 14.1. The van der Waals surface area contributed by atoms with Crippen molar-refractivity contribution in [3.05, 3.63) is 24.3 Å². The molecule has 0 aromatic heterocycles. The van der Waals surface area contributed by atoms with E-state index in [4.69, 9.17) is 4.84 Å². The van der Waals surface area contributed by atoms with Crippen molar-refractivity contribution in [2.24, 2.45) is 11.8 Å². The van der Waals surface area contributed by atoms with Crippen LogP contribution in [0.4, 0.5) is 0 Å². The van der Waals surface area contributed by atoms with Crippen molar-refractivity contribution in [2.75, 3.05) is 14.2 Å². The Hall–Kier alpha value is -1.13. The first kappa shape index (κ1) is 16.9. The number of carbonyl (C=O) groups is 1. The maximum absolute atomic E-state index is 11.8. The highest BCUT2D eigenvalue weighted by Gasteiger charge is 2.28. The molecule has 3 atom stereocenters. The number of hydrogen-bond acceptors (Lipinski definition) is 3. The fourth-order valence-electron chi connectivity index (χ4n) is 1.64. The molecule has 0 aliphatic rings. The smallest absolute Gasteiger partial charge is 0.251 e. The molecular weight excluding hydrogens is 230 g/mol. The number of rotatable bonds is 7. The molecule has 1 amide bonds. The summed E-state index contributed by atoms with van der Waals surface area (Å²) in [5.41, 5.74) is 0. The molecule has 0 saturated heterocycles. The number of nitrogens with zero attached hydrogens (tertiary/aromatic N) is 1. The summed E-state index contributed by atoms with van der Waals surface area (Å²) in [6, 6.07) is 0. The summed E-state index contributed by atoms with van der Waals surface area (Å²) in [5.74, 6) is -0.662. The van der Waals surface area contributed by atoms with Gasteiger partial charge in [0.05, 0.1) is 19.1 Å². The van der Waals surface area contributed by atoms with Gasteiger partial charge in [-0.15, -0.1) is 0 Å². The Morgan fingerprint density at radius 2 is 2.00 bits per heavy atom. The average molecular weight is 255 g/mol. The van der Waals surface area contributed by atoms with Crippen LogP contribution >= 0.6 is 0 Å². The molecule has 0 heterocycles. The van der Waals surface area contributed by atoms with Crippen molar-refractivity contribution < 1.29 is 14.7 Å². The molecule has 0 radical (unpaired) electrons. The summed E-state index contributed by atoms with van der Waals surface area (Å²) in [7, 11) is 2.97. The van der Waals surface area contributed by atoms with E-state index in [0.717, 1.165) is 11.5 Å². The lowest BCUT2D eigenvalue weighted by atomic mass is 9.90. The van der Waals surface area contributed by atoms with E-state index in [1.54, 1.807) is 14.0 Å². The number of allylic oxidation sites excluding steroid dienone is 4. The fourth-order valence-corrected chi connectivity index (χ4v) is 1.64. The van der Waals surface area contributed by atoms with Crippen LogP contribution in [0.2, 0.25) is 0 Å². The van der Waals surface area contributed by atoms with Gasteiger partial charge in [0.25, 0.3) is 5.91 Å². The van der Waals surface area contributed by atoms with Crippen LogP contribution in [0.1, 0.15) is 27.2 Å². The van der Waals surface area contributed by atoms with Crippen LogP contribution in [0.3, 0.4) is 0 Å². The van der Waals surface area contributed by atoms with E-state index in [2.05, 4.69) is 0 Å². The lowest BCUT2D eigenvalue weighted by Crippen LogP contribution is -2.39. The van der Waals surface area contributed by atoms with E-state index in [1.165, 1.54) is 7.11 Å². The molecule has 104 valence electrons. The van der Waals surface area contributed by atoms with Crippen molar-refractivity contribution in [3.63, 3.8) is 0 Å². The summed E-state index contributed by atoms with van der Waals surface area (Å²) in [6.45, 7) is 5.60. The quantitative estimate of drug-likeness (QED) is 0.560. The molecule has 0 rings (SSSR count). The van der Waals surface area contributed by atoms with E-state index >= 15 is 0 Å². The van der Waals surface area contributed by atoms with Crippen molar-refractivity contribution in [3.8, 4) is 0 Å². The largest absolute Gasteiger partial charge is 0.392 e. The second-order valence-electron chi connectivity index (χ2n) is 4.46. The standard InChI is InChI=1S/C14H25NO3/c1-6-7-8-9-10-11(2)13(16)12(3)14(17)15(4)18-5/h6-9,11-13,16H,10H2,1-5H3/b7-6+,9-8+/t11-,12-,13+/m1/s1. The number of aliphatic hydroxyl groups excluding tert-OH is 1. The first-order chi connectivity index (χ1) is 8.45. The van der Waals surface area contributed by atoms with Crippen LogP contribution in [-0.4, -0.2) is 36.3 Å². The molecule has 0 aliphatic heterocycles. The first-order valence-electron chi connectivity index (χ1n) is 6.23.